The molecule has 4 nitrogen and oxygen atoms in total. The molecule has 0 fully saturated rings. The van der Waals surface area contributed by atoms with Crippen LogP contribution in [0, 0.1) is 6.92 Å². The third-order valence-corrected chi connectivity index (χ3v) is 3.96. The molecular weight excluding hydrogens is 286 g/mol. The first-order chi connectivity index (χ1) is 10.1. The fraction of sp³-hybridized carbons (Fsp3) is 0.312. The van der Waals surface area contributed by atoms with Crippen LogP contribution in [0.5, 0.6) is 0 Å². The van der Waals surface area contributed by atoms with Crippen LogP contribution in [-0.4, -0.2) is 24.5 Å². The average Bonchev–Trinajstić information content (AvgIpc) is 3.08. The lowest BCUT2D eigenvalue weighted by Gasteiger charge is -2.18. The monoisotopic (exact) mass is 305 g/mol. The Hall–Kier alpha value is -1.85. The van der Waals surface area contributed by atoms with Crippen molar-refractivity contribution in [3.63, 3.8) is 0 Å². The molecule has 0 saturated carbocycles. The Balaban J connectivity index is 2.09. The van der Waals surface area contributed by atoms with Gasteiger partial charge in [0.2, 0.25) is 0 Å². The van der Waals surface area contributed by atoms with Gasteiger partial charge in [0, 0.05) is 18.0 Å². The molecule has 0 N–H and O–H groups in total. The van der Waals surface area contributed by atoms with Crippen LogP contribution in [0.2, 0.25) is 0 Å². The fourth-order valence-electron chi connectivity index (χ4n) is 2.15. The lowest BCUT2D eigenvalue weighted by atomic mass is 10.2. The summed E-state index contributed by atoms with van der Waals surface area (Å²) >= 11 is 1.72. The SMILES string of the molecule is C=CCN(Cc1cc(C(=O)OC)c(C)o1)Cc1cccs1. The highest BCUT2D eigenvalue weighted by Crippen LogP contribution is 2.19. The van der Waals surface area contributed by atoms with E-state index >= 15 is 0 Å². The number of nitrogens with zero attached hydrogens (tertiary/aromatic N) is 1. The molecule has 0 spiro atoms. The van der Waals surface area contributed by atoms with Gasteiger partial charge in [-0.1, -0.05) is 12.1 Å². The Morgan fingerprint density at radius 2 is 2.33 bits per heavy atom. The van der Waals surface area contributed by atoms with Crippen molar-refractivity contribution in [3.05, 3.63) is 58.2 Å². The van der Waals surface area contributed by atoms with Crippen LogP contribution in [0.4, 0.5) is 0 Å². The van der Waals surface area contributed by atoms with Crippen molar-refractivity contribution in [1.29, 1.82) is 0 Å². The van der Waals surface area contributed by atoms with Crippen molar-refractivity contribution in [2.75, 3.05) is 13.7 Å². The Labute approximate surface area is 128 Å². The van der Waals surface area contributed by atoms with Crippen LogP contribution in [-0.2, 0) is 17.8 Å². The first-order valence-electron chi connectivity index (χ1n) is 6.67. The van der Waals surface area contributed by atoms with Gasteiger partial charge in [0.25, 0.3) is 0 Å². The molecule has 112 valence electrons. The van der Waals surface area contributed by atoms with Crippen molar-refractivity contribution >= 4 is 17.3 Å². The number of carbonyl (C=O) groups excluding carboxylic acids is 1. The topological polar surface area (TPSA) is 42.7 Å². The minimum Gasteiger partial charge on any atom is -0.465 e. The van der Waals surface area contributed by atoms with E-state index in [1.54, 1.807) is 24.3 Å². The van der Waals surface area contributed by atoms with E-state index < -0.39 is 0 Å². The standard InChI is InChI=1S/C16H19NO3S/c1-4-7-17(11-14-6-5-8-21-14)10-13-9-15(12(2)20-13)16(18)19-3/h4-6,8-9H,1,7,10-11H2,2-3H3. The van der Waals surface area contributed by atoms with E-state index in [-0.39, 0.29) is 5.97 Å². The number of rotatable bonds is 7. The Bertz CT molecular complexity index is 601. The zero-order valence-electron chi connectivity index (χ0n) is 12.3. The van der Waals surface area contributed by atoms with Gasteiger partial charge in [-0.15, -0.1) is 17.9 Å². The first kappa shape index (κ1) is 15.5. The van der Waals surface area contributed by atoms with E-state index in [1.807, 2.05) is 12.1 Å². The minimum atomic E-state index is -0.365. The largest absolute Gasteiger partial charge is 0.465 e. The highest BCUT2D eigenvalue weighted by Gasteiger charge is 2.17. The van der Waals surface area contributed by atoms with Crippen LogP contribution >= 0.6 is 11.3 Å². The van der Waals surface area contributed by atoms with Crippen molar-refractivity contribution in [1.82, 2.24) is 4.90 Å². The number of thiophene rings is 1. The van der Waals surface area contributed by atoms with Gasteiger partial charge in [-0.2, -0.15) is 0 Å². The van der Waals surface area contributed by atoms with Gasteiger partial charge in [-0.25, -0.2) is 4.79 Å². The number of esters is 1. The third-order valence-electron chi connectivity index (χ3n) is 3.10. The summed E-state index contributed by atoms with van der Waals surface area (Å²) in [6, 6.07) is 5.90. The highest BCUT2D eigenvalue weighted by molar-refractivity contribution is 7.09. The molecular formula is C16H19NO3S. The summed E-state index contributed by atoms with van der Waals surface area (Å²) in [7, 11) is 1.37. The van der Waals surface area contributed by atoms with E-state index in [4.69, 9.17) is 9.15 Å². The second-order valence-electron chi connectivity index (χ2n) is 4.71. The summed E-state index contributed by atoms with van der Waals surface area (Å²) in [5, 5.41) is 2.06. The van der Waals surface area contributed by atoms with E-state index in [0.29, 0.717) is 17.9 Å². The third kappa shape index (κ3) is 4.06. The fourth-order valence-corrected chi connectivity index (χ4v) is 2.89. The zero-order chi connectivity index (χ0) is 15.2. The molecule has 0 aliphatic heterocycles. The summed E-state index contributed by atoms with van der Waals surface area (Å²) in [5.41, 5.74) is 0.488. The number of hydrogen-bond acceptors (Lipinski definition) is 5. The van der Waals surface area contributed by atoms with E-state index in [2.05, 4.69) is 22.9 Å². The summed E-state index contributed by atoms with van der Waals surface area (Å²) in [4.78, 5) is 15.1. The maximum Gasteiger partial charge on any atom is 0.341 e. The molecule has 2 aromatic rings. The molecule has 0 unspecified atom stereocenters. The minimum absolute atomic E-state index is 0.365. The van der Waals surface area contributed by atoms with Crippen LogP contribution < -0.4 is 0 Å². The van der Waals surface area contributed by atoms with Gasteiger partial charge < -0.3 is 9.15 Å². The molecule has 5 heteroatoms. The molecule has 0 saturated heterocycles. The number of hydrogen-bond donors (Lipinski definition) is 0. The highest BCUT2D eigenvalue weighted by atomic mass is 32.1. The van der Waals surface area contributed by atoms with Crippen molar-refractivity contribution in [3.8, 4) is 0 Å². The van der Waals surface area contributed by atoms with E-state index in [1.165, 1.54) is 12.0 Å². The predicted molar refractivity (Wildman–Crippen MR) is 83.4 cm³/mol. The van der Waals surface area contributed by atoms with Gasteiger partial charge in [0.05, 0.1) is 13.7 Å². The molecule has 2 aromatic heterocycles. The first-order valence-corrected chi connectivity index (χ1v) is 7.55. The second kappa shape index (κ2) is 7.24. The van der Waals surface area contributed by atoms with Gasteiger partial charge >= 0.3 is 5.97 Å². The van der Waals surface area contributed by atoms with Crippen molar-refractivity contribution in [2.24, 2.45) is 0 Å². The summed E-state index contributed by atoms with van der Waals surface area (Å²) < 4.78 is 10.4. The lowest BCUT2D eigenvalue weighted by Crippen LogP contribution is -2.22. The molecule has 0 aliphatic carbocycles. The Kier molecular flexibility index (Phi) is 5.36. The molecule has 0 aromatic carbocycles. The molecule has 2 heterocycles. The Morgan fingerprint density at radius 3 is 2.95 bits per heavy atom. The van der Waals surface area contributed by atoms with E-state index in [9.17, 15) is 4.79 Å². The average molecular weight is 305 g/mol. The number of aryl methyl sites for hydroxylation is 1. The van der Waals surface area contributed by atoms with Crippen LogP contribution in [0.1, 0.15) is 26.8 Å². The maximum atomic E-state index is 11.6. The van der Waals surface area contributed by atoms with Crippen LogP contribution in [0.25, 0.3) is 0 Å². The number of ether oxygens (including phenoxy) is 1. The molecule has 0 amide bonds. The summed E-state index contributed by atoms with van der Waals surface area (Å²) in [5.74, 6) is 0.980. The van der Waals surface area contributed by atoms with Gasteiger partial charge in [0.15, 0.2) is 0 Å². The quantitative estimate of drug-likeness (QED) is 0.579. The zero-order valence-corrected chi connectivity index (χ0v) is 13.1. The van der Waals surface area contributed by atoms with Crippen molar-refractivity contribution in [2.45, 2.75) is 20.0 Å². The molecule has 2 rings (SSSR count). The van der Waals surface area contributed by atoms with Gasteiger partial charge in [-0.3, -0.25) is 4.90 Å². The number of carbonyl (C=O) groups is 1. The molecule has 0 radical (unpaired) electrons. The Morgan fingerprint density at radius 1 is 1.52 bits per heavy atom. The maximum absolute atomic E-state index is 11.6. The number of furan rings is 1. The van der Waals surface area contributed by atoms with Crippen molar-refractivity contribution < 1.29 is 13.9 Å². The normalized spacial score (nSPS) is 10.8. The molecule has 0 atom stereocenters. The van der Waals surface area contributed by atoms with Gasteiger partial charge in [-0.05, 0) is 24.4 Å². The van der Waals surface area contributed by atoms with E-state index in [0.717, 1.165) is 18.8 Å². The smallest absolute Gasteiger partial charge is 0.341 e. The summed E-state index contributed by atoms with van der Waals surface area (Å²) in [6.45, 7) is 7.78. The molecule has 0 bridgehead atoms. The lowest BCUT2D eigenvalue weighted by molar-refractivity contribution is 0.0599. The van der Waals surface area contributed by atoms with Gasteiger partial charge in [0.1, 0.15) is 17.1 Å². The molecule has 0 aliphatic rings. The predicted octanol–water partition coefficient (Wildman–Crippen LogP) is 3.62. The second-order valence-corrected chi connectivity index (χ2v) is 5.74. The van der Waals surface area contributed by atoms with Crippen LogP contribution in [0.3, 0.4) is 0 Å². The molecule has 21 heavy (non-hydrogen) atoms. The van der Waals surface area contributed by atoms with Crippen LogP contribution in [0.15, 0.2) is 40.7 Å². The number of methoxy groups -OCH3 is 1. The summed E-state index contributed by atoms with van der Waals surface area (Å²) in [6.07, 6.45) is 1.87.